The molecule has 3 rings (SSSR count). The Morgan fingerprint density at radius 3 is 2.59 bits per heavy atom. The Hall–Kier alpha value is -0.900. The van der Waals surface area contributed by atoms with Crippen LogP contribution >= 0.6 is 46.2 Å². The van der Waals surface area contributed by atoms with Crippen LogP contribution in [-0.2, 0) is 5.75 Å². The van der Waals surface area contributed by atoms with E-state index in [0.717, 1.165) is 29.7 Å². The Morgan fingerprint density at radius 1 is 1.14 bits per heavy atom. The molecule has 0 aliphatic rings. The van der Waals surface area contributed by atoms with Gasteiger partial charge in [-0.15, -0.1) is 21.5 Å². The van der Waals surface area contributed by atoms with Crippen LogP contribution in [-0.4, -0.2) is 25.9 Å². The van der Waals surface area contributed by atoms with Crippen LogP contribution in [0.2, 0.25) is 0 Å². The Labute approximate surface area is 144 Å². The molecule has 0 amide bonds. The van der Waals surface area contributed by atoms with Crippen LogP contribution < -0.4 is 5.56 Å². The molecule has 22 heavy (non-hydrogen) atoms. The summed E-state index contributed by atoms with van der Waals surface area (Å²) < 4.78 is 1.88. The van der Waals surface area contributed by atoms with Crippen molar-refractivity contribution in [2.24, 2.45) is 0 Å². The molecule has 0 saturated carbocycles. The Bertz CT molecular complexity index is 867. The lowest BCUT2D eigenvalue weighted by Gasteiger charge is -1.99. The first-order valence-electron chi connectivity index (χ1n) is 6.66. The smallest absolute Gasteiger partial charge is 0.259 e. The molecule has 0 aromatic carbocycles. The van der Waals surface area contributed by atoms with E-state index in [1.165, 1.54) is 0 Å². The molecular weight excluding hydrogens is 356 g/mol. The molecular formula is C13H14N4OS4. The molecule has 1 N–H and O–H groups in total. The van der Waals surface area contributed by atoms with Gasteiger partial charge in [-0.1, -0.05) is 41.8 Å². The topological polar surface area (TPSA) is 71.5 Å². The van der Waals surface area contributed by atoms with Crippen LogP contribution in [0.25, 0.3) is 10.2 Å². The van der Waals surface area contributed by atoms with Crippen molar-refractivity contribution < 1.29 is 0 Å². The van der Waals surface area contributed by atoms with Crippen molar-refractivity contribution in [1.82, 2.24) is 20.2 Å². The summed E-state index contributed by atoms with van der Waals surface area (Å²) in [5.41, 5.74) is 0.972. The van der Waals surface area contributed by atoms with Gasteiger partial charge in [0.05, 0.1) is 11.1 Å². The van der Waals surface area contributed by atoms with Crippen molar-refractivity contribution in [2.45, 2.75) is 35.2 Å². The SMILES string of the molecule is CCSc1nnc(SCc2nc3sc(C)c(C)c3c(=O)[nH]2)s1. The molecule has 5 nitrogen and oxygen atoms in total. The van der Waals surface area contributed by atoms with E-state index >= 15 is 0 Å². The van der Waals surface area contributed by atoms with Crippen LogP contribution in [0.15, 0.2) is 13.5 Å². The van der Waals surface area contributed by atoms with Gasteiger partial charge in [0.1, 0.15) is 10.7 Å². The molecule has 0 radical (unpaired) electrons. The molecule has 0 aliphatic heterocycles. The molecule has 116 valence electrons. The molecule has 9 heteroatoms. The normalized spacial score (nSPS) is 11.4. The van der Waals surface area contributed by atoms with E-state index < -0.39 is 0 Å². The Morgan fingerprint density at radius 2 is 1.86 bits per heavy atom. The predicted molar refractivity (Wildman–Crippen MR) is 95.6 cm³/mol. The third-order valence-corrected chi connectivity index (χ3v) is 7.26. The van der Waals surface area contributed by atoms with Gasteiger partial charge in [0.2, 0.25) is 0 Å². The largest absolute Gasteiger partial charge is 0.309 e. The third kappa shape index (κ3) is 3.22. The van der Waals surface area contributed by atoms with Crippen LogP contribution in [0.4, 0.5) is 0 Å². The summed E-state index contributed by atoms with van der Waals surface area (Å²) in [6.07, 6.45) is 0. The van der Waals surface area contributed by atoms with Gasteiger partial charge in [-0.25, -0.2) is 4.98 Å². The third-order valence-electron chi connectivity index (χ3n) is 3.08. The zero-order chi connectivity index (χ0) is 15.7. The quantitative estimate of drug-likeness (QED) is 0.688. The zero-order valence-electron chi connectivity index (χ0n) is 12.3. The number of rotatable bonds is 5. The Balaban J connectivity index is 1.80. The molecule has 0 fully saturated rings. The number of nitrogens with zero attached hydrogens (tertiary/aromatic N) is 3. The van der Waals surface area contributed by atoms with Crippen LogP contribution in [0, 0.1) is 13.8 Å². The van der Waals surface area contributed by atoms with Crippen LogP contribution in [0.3, 0.4) is 0 Å². The first-order chi connectivity index (χ1) is 10.6. The van der Waals surface area contributed by atoms with Crippen molar-refractivity contribution in [2.75, 3.05) is 5.75 Å². The monoisotopic (exact) mass is 370 g/mol. The van der Waals surface area contributed by atoms with Gasteiger partial charge in [-0.2, -0.15) is 0 Å². The minimum atomic E-state index is -0.0538. The molecule has 3 aromatic heterocycles. The number of hydrogen-bond acceptors (Lipinski definition) is 8. The molecule has 0 bridgehead atoms. The van der Waals surface area contributed by atoms with E-state index in [1.54, 1.807) is 46.2 Å². The Kier molecular flexibility index (Phi) is 4.86. The lowest BCUT2D eigenvalue weighted by molar-refractivity contribution is 0.952. The van der Waals surface area contributed by atoms with Gasteiger partial charge in [-0.3, -0.25) is 4.79 Å². The summed E-state index contributed by atoms with van der Waals surface area (Å²) in [6.45, 7) is 6.07. The minimum absolute atomic E-state index is 0.0538. The summed E-state index contributed by atoms with van der Waals surface area (Å²) in [4.78, 5) is 21.6. The maximum atomic E-state index is 12.2. The molecule has 0 atom stereocenters. The predicted octanol–water partition coefficient (Wildman–Crippen LogP) is 3.86. The minimum Gasteiger partial charge on any atom is -0.309 e. The highest BCUT2D eigenvalue weighted by molar-refractivity contribution is 8.02. The molecule has 3 heterocycles. The molecule has 0 aliphatic carbocycles. The molecule has 3 aromatic rings. The van der Waals surface area contributed by atoms with Crippen molar-refractivity contribution >= 4 is 56.4 Å². The zero-order valence-corrected chi connectivity index (χ0v) is 15.6. The highest BCUT2D eigenvalue weighted by atomic mass is 32.2. The van der Waals surface area contributed by atoms with Gasteiger partial charge >= 0.3 is 0 Å². The van der Waals surface area contributed by atoms with E-state index in [-0.39, 0.29) is 5.56 Å². The number of aryl methyl sites for hydroxylation is 2. The average Bonchev–Trinajstić information content (AvgIpc) is 3.03. The number of thiophene rings is 1. The summed E-state index contributed by atoms with van der Waals surface area (Å²) in [7, 11) is 0. The van der Waals surface area contributed by atoms with Crippen molar-refractivity contribution in [3.8, 4) is 0 Å². The molecule has 0 unspecified atom stereocenters. The van der Waals surface area contributed by atoms with E-state index in [1.807, 2.05) is 13.8 Å². The van der Waals surface area contributed by atoms with Gasteiger partial charge in [0.15, 0.2) is 8.68 Å². The van der Waals surface area contributed by atoms with Crippen molar-refractivity contribution in [3.63, 3.8) is 0 Å². The molecule has 0 saturated heterocycles. The van der Waals surface area contributed by atoms with Crippen molar-refractivity contribution in [1.29, 1.82) is 0 Å². The highest BCUT2D eigenvalue weighted by Gasteiger charge is 2.12. The lowest BCUT2D eigenvalue weighted by Crippen LogP contribution is -2.10. The van der Waals surface area contributed by atoms with Gasteiger partial charge in [0.25, 0.3) is 5.56 Å². The standard InChI is InChI=1S/C13H14N4OS4/c1-4-19-12-16-17-13(22-12)20-5-8-14-10(18)9-6(2)7(3)21-11(9)15-8/h4-5H2,1-3H3,(H,14,15,18). The second-order valence-electron chi connectivity index (χ2n) is 4.53. The molecule has 0 spiro atoms. The summed E-state index contributed by atoms with van der Waals surface area (Å²) in [6, 6.07) is 0. The summed E-state index contributed by atoms with van der Waals surface area (Å²) in [5.74, 6) is 2.26. The van der Waals surface area contributed by atoms with Gasteiger partial charge < -0.3 is 4.98 Å². The highest BCUT2D eigenvalue weighted by Crippen LogP contribution is 2.31. The average molecular weight is 371 g/mol. The second kappa shape index (κ2) is 6.69. The number of fused-ring (bicyclic) bond motifs is 1. The van der Waals surface area contributed by atoms with E-state index in [9.17, 15) is 4.79 Å². The van der Waals surface area contributed by atoms with E-state index in [4.69, 9.17) is 0 Å². The summed E-state index contributed by atoms with van der Waals surface area (Å²) >= 11 is 6.39. The lowest BCUT2D eigenvalue weighted by atomic mass is 10.2. The fourth-order valence-corrected chi connectivity index (χ4v) is 5.77. The first kappa shape index (κ1) is 16.0. The number of H-pyrrole nitrogens is 1. The van der Waals surface area contributed by atoms with E-state index in [2.05, 4.69) is 27.1 Å². The fraction of sp³-hybridized carbons (Fsp3) is 0.385. The van der Waals surface area contributed by atoms with Gasteiger partial charge in [0, 0.05) is 4.88 Å². The fourth-order valence-electron chi connectivity index (χ4n) is 1.93. The van der Waals surface area contributed by atoms with Gasteiger partial charge in [-0.05, 0) is 25.2 Å². The van der Waals surface area contributed by atoms with Crippen LogP contribution in [0.1, 0.15) is 23.2 Å². The van der Waals surface area contributed by atoms with Crippen LogP contribution in [0.5, 0.6) is 0 Å². The number of aromatic nitrogens is 4. The maximum absolute atomic E-state index is 12.2. The summed E-state index contributed by atoms with van der Waals surface area (Å²) in [5, 5.41) is 8.98. The second-order valence-corrected chi connectivity index (χ2v) is 9.45. The first-order valence-corrected chi connectivity index (χ1v) is 10.3. The van der Waals surface area contributed by atoms with E-state index in [0.29, 0.717) is 17.0 Å². The van der Waals surface area contributed by atoms with Crippen molar-refractivity contribution in [3.05, 3.63) is 26.6 Å². The number of thioether (sulfide) groups is 2. The number of aromatic amines is 1. The maximum Gasteiger partial charge on any atom is 0.259 e. The number of hydrogen-bond donors (Lipinski definition) is 1. The number of nitrogens with one attached hydrogen (secondary N) is 1.